The number of hydrogen-bond donors (Lipinski definition) is 2. The van der Waals surface area contributed by atoms with Crippen molar-refractivity contribution < 1.29 is 27.2 Å². The summed E-state index contributed by atoms with van der Waals surface area (Å²) in [7, 11) is 0. The second kappa shape index (κ2) is 10.4. The van der Waals surface area contributed by atoms with Gasteiger partial charge in [-0.1, -0.05) is 16.6 Å². The third kappa shape index (κ3) is 7.00. The van der Waals surface area contributed by atoms with Gasteiger partial charge in [0.2, 0.25) is 11.0 Å². The van der Waals surface area contributed by atoms with Gasteiger partial charge < -0.3 is 10.6 Å². The van der Waals surface area contributed by atoms with Crippen molar-refractivity contribution in [3.05, 3.63) is 46.5 Å². The van der Waals surface area contributed by atoms with Gasteiger partial charge in [0.1, 0.15) is 11.2 Å². The Kier molecular flexibility index (Phi) is 7.33. The molecule has 3 heterocycles. The number of aromatic nitrogens is 6. The lowest BCUT2D eigenvalue weighted by molar-refractivity contribution is -0.137. The molecule has 2 amide bonds. The van der Waals surface area contributed by atoms with E-state index in [0.717, 1.165) is 31.2 Å². The summed E-state index contributed by atoms with van der Waals surface area (Å²) >= 11 is 1.19. The van der Waals surface area contributed by atoms with Gasteiger partial charge in [0.25, 0.3) is 5.91 Å². The fraction of sp³-hybridized carbons (Fsp3) is 0.450. The fourth-order valence-electron chi connectivity index (χ4n) is 3.04. The average Bonchev–Trinajstić information content (AvgIpc) is 3.42. The molecule has 1 saturated carbocycles. The minimum absolute atomic E-state index is 0.0244. The summed E-state index contributed by atoms with van der Waals surface area (Å²) in [4.78, 5) is 27.8. The van der Waals surface area contributed by atoms with Crippen molar-refractivity contribution in [3.63, 3.8) is 0 Å². The van der Waals surface area contributed by atoms with Crippen LogP contribution in [0.2, 0.25) is 0 Å². The van der Waals surface area contributed by atoms with Crippen molar-refractivity contribution in [3.8, 4) is 0 Å². The normalized spacial score (nSPS) is 14.5. The molecule has 35 heavy (non-hydrogen) atoms. The van der Waals surface area contributed by atoms with Gasteiger partial charge >= 0.3 is 6.18 Å². The van der Waals surface area contributed by atoms with Crippen LogP contribution in [0.1, 0.15) is 46.0 Å². The summed E-state index contributed by atoms with van der Waals surface area (Å²) in [5, 5.41) is 21.3. The summed E-state index contributed by atoms with van der Waals surface area (Å²) in [6, 6.07) is 1.67. The van der Waals surface area contributed by atoms with Crippen LogP contribution in [0.25, 0.3) is 0 Å². The highest BCUT2D eigenvalue weighted by molar-refractivity contribution is 7.15. The van der Waals surface area contributed by atoms with E-state index < -0.39 is 23.8 Å². The molecule has 1 fully saturated rings. The lowest BCUT2D eigenvalue weighted by atomic mass is 10.2. The summed E-state index contributed by atoms with van der Waals surface area (Å²) in [5.74, 6) is -0.710. The highest BCUT2D eigenvalue weighted by Crippen LogP contribution is 2.31. The molecule has 3 aromatic heterocycles. The van der Waals surface area contributed by atoms with Crippen LogP contribution in [0.15, 0.2) is 24.5 Å². The number of alkyl halides is 4. The van der Waals surface area contributed by atoms with Crippen LogP contribution in [-0.4, -0.2) is 48.2 Å². The molecular formula is C20H20F4N8O2S. The molecule has 0 aromatic carbocycles. The zero-order chi connectivity index (χ0) is 25.0. The van der Waals surface area contributed by atoms with Gasteiger partial charge in [0.05, 0.1) is 30.5 Å². The molecule has 0 saturated heterocycles. The Balaban J connectivity index is 1.22. The molecule has 15 heteroatoms. The Labute approximate surface area is 200 Å². The van der Waals surface area contributed by atoms with Crippen LogP contribution in [0.5, 0.6) is 0 Å². The second-order valence-electron chi connectivity index (χ2n) is 7.94. The van der Waals surface area contributed by atoms with Gasteiger partial charge in [-0.25, -0.2) is 9.07 Å². The molecule has 0 spiro atoms. The zero-order valence-electron chi connectivity index (χ0n) is 18.1. The number of pyridine rings is 1. The average molecular weight is 512 g/mol. The Bertz CT molecular complexity index is 1190. The smallest absolute Gasteiger partial charge is 0.345 e. The maximum Gasteiger partial charge on any atom is 0.416 e. The lowest BCUT2D eigenvalue weighted by Gasteiger charge is -2.08. The third-order valence-corrected chi connectivity index (χ3v) is 5.95. The lowest BCUT2D eigenvalue weighted by Crippen LogP contribution is -2.24. The zero-order valence-corrected chi connectivity index (χ0v) is 18.9. The maximum atomic E-state index is 14.4. The van der Waals surface area contributed by atoms with E-state index in [1.54, 1.807) is 0 Å². The molecule has 10 nitrogen and oxygen atoms in total. The number of halogens is 4. The van der Waals surface area contributed by atoms with Gasteiger partial charge in [-0.2, -0.15) is 13.2 Å². The van der Waals surface area contributed by atoms with Crippen LogP contribution in [-0.2, 0) is 30.5 Å². The predicted octanol–water partition coefficient (Wildman–Crippen LogP) is 2.79. The molecule has 0 aliphatic heterocycles. The summed E-state index contributed by atoms with van der Waals surface area (Å²) in [6.45, 7) is -0.397. The highest BCUT2D eigenvalue weighted by atomic mass is 32.1. The van der Waals surface area contributed by atoms with Crippen molar-refractivity contribution in [2.45, 2.75) is 51.1 Å². The largest absolute Gasteiger partial charge is 0.416 e. The topological polar surface area (TPSA) is 128 Å². The minimum Gasteiger partial charge on any atom is -0.345 e. The van der Waals surface area contributed by atoms with Crippen molar-refractivity contribution >= 4 is 28.3 Å². The van der Waals surface area contributed by atoms with Crippen molar-refractivity contribution in [2.24, 2.45) is 5.92 Å². The van der Waals surface area contributed by atoms with E-state index in [1.165, 1.54) is 22.2 Å². The van der Waals surface area contributed by atoms with E-state index in [4.69, 9.17) is 0 Å². The first-order chi connectivity index (χ1) is 16.7. The van der Waals surface area contributed by atoms with Crippen LogP contribution < -0.4 is 10.6 Å². The third-order valence-electron chi connectivity index (χ3n) is 5.05. The summed E-state index contributed by atoms with van der Waals surface area (Å²) in [6.07, 6.45) is -1.39. The van der Waals surface area contributed by atoms with E-state index in [9.17, 15) is 27.2 Å². The summed E-state index contributed by atoms with van der Waals surface area (Å²) in [5.41, 5.74) is -0.954. The van der Waals surface area contributed by atoms with Gasteiger partial charge in [-0.05, 0) is 31.4 Å². The van der Waals surface area contributed by atoms with Crippen molar-refractivity contribution in [1.29, 1.82) is 0 Å². The number of anilines is 1. The van der Waals surface area contributed by atoms with Crippen LogP contribution in [0, 0.1) is 5.92 Å². The number of aryl methyl sites for hydroxylation is 1. The first-order valence-corrected chi connectivity index (χ1v) is 11.5. The number of hydrogen-bond acceptors (Lipinski definition) is 8. The van der Waals surface area contributed by atoms with E-state index >= 15 is 0 Å². The molecule has 3 aromatic rings. The van der Waals surface area contributed by atoms with Crippen LogP contribution in [0.3, 0.4) is 0 Å². The molecule has 4 rings (SSSR count). The molecule has 0 bridgehead atoms. The predicted molar refractivity (Wildman–Crippen MR) is 115 cm³/mol. The Hall–Kier alpha value is -3.49. The second-order valence-corrected chi connectivity index (χ2v) is 9.00. The summed E-state index contributed by atoms with van der Waals surface area (Å²) < 4.78 is 53.9. The first-order valence-electron chi connectivity index (χ1n) is 10.6. The standard InChI is InChI=1S/C20H20F4N8O2S/c21-13(3-4-16-29-30-19(35-16)27-17(33)11-1-2-11)9-32-10-15(28-31-32)18(34)26-8-14-7-12(5-6-25-14)20(22,23)24/h5-7,10-11,13H,1-4,8-9H2,(H,26,34)(H,27,30,33). The molecule has 2 N–H and O–H groups in total. The molecule has 1 atom stereocenters. The molecule has 1 aliphatic rings. The molecular weight excluding hydrogens is 492 g/mol. The Morgan fingerprint density at radius 3 is 2.77 bits per heavy atom. The molecule has 1 unspecified atom stereocenters. The van der Waals surface area contributed by atoms with E-state index in [1.807, 2.05) is 0 Å². The van der Waals surface area contributed by atoms with Gasteiger partial charge in [-0.15, -0.1) is 15.3 Å². The van der Waals surface area contributed by atoms with Gasteiger partial charge in [0, 0.05) is 18.5 Å². The monoisotopic (exact) mass is 512 g/mol. The quantitative estimate of drug-likeness (QED) is 0.400. The van der Waals surface area contributed by atoms with Crippen molar-refractivity contribution in [2.75, 3.05) is 5.32 Å². The molecule has 1 aliphatic carbocycles. The first kappa shape index (κ1) is 24.6. The number of nitrogens with zero attached hydrogens (tertiary/aromatic N) is 6. The SMILES string of the molecule is O=C(NCc1cc(C(F)(F)F)ccn1)c1cn(CC(F)CCc2nnc(NC(=O)C3CC3)s2)nn1. The fourth-order valence-corrected chi connectivity index (χ4v) is 3.79. The Morgan fingerprint density at radius 1 is 1.23 bits per heavy atom. The molecule has 0 radical (unpaired) electrons. The Morgan fingerprint density at radius 2 is 2.03 bits per heavy atom. The van der Waals surface area contributed by atoms with Gasteiger partial charge in [-0.3, -0.25) is 14.6 Å². The number of carbonyl (C=O) groups excluding carboxylic acids is 2. The number of amides is 2. The van der Waals surface area contributed by atoms with E-state index in [0.29, 0.717) is 16.6 Å². The van der Waals surface area contributed by atoms with Crippen LogP contribution >= 0.6 is 11.3 Å². The maximum absolute atomic E-state index is 14.4. The van der Waals surface area contributed by atoms with E-state index in [2.05, 4.69) is 36.1 Å². The number of carbonyl (C=O) groups is 2. The van der Waals surface area contributed by atoms with E-state index in [-0.39, 0.29) is 42.7 Å². The van der Waals surface area contributed by atoms with Gasteiger partial charge in [0.15, 0.2) is 5.69 Å². The minimum atomic E-state index is -4.52. The molecule has 186 valence electrons. The number of nitrogens with one attached hydrogen (secondary N) is 2. The highest BCUT2D eigenvalue weighted by Gasteiger charge is 2.31. The van der Waals surface area contributed by atoms with Crippen LogP contribution in [0.4, 0.5) is 22.7 Å². The number of rotatable bonds is 10. The van der Waals surface area contributed by atoms with Crippen molar-refractivity contribution in [1.82, 2.24) is 35.5 Å².